The van der Waals surface area contributed by atoms with Gasteiger partial charge in [0.15, 0.2) is 0 Å². The maximum absolute atomic E-state index is 11.2. The Morgan fingerprint density at radius 3 is 2.60 bits per heavy atom. The molecule has 3 nitrogen and oxygen atoms in total. The van der Waals surface area contributed by atoms with Gasteiger partial charge in [0.2, 0.25) is 0 Å². The zero-order valence-corrected chi connectivity index (χ0v) is 10.8. The van der Waals surface area contributed by atoms with Crippen molar-refractivity contribution in [3.8, 4) is 0 Å². The highest BCUT2D eigenvalue weighted by atomic mass is 32.1. The molecule has 1 rings (SSSR count). The van der Waals surface area contributed by atoms with Crippen molar-refractivity contribution >= 4 is 22.3 Å². The van der Waals surface area contributed by atoms with Crippen LogP contribution in [0.25, 0.3) is 0 Å². The van der Waals surface area contributed by atoms with E-state index < -0.39 is 0 Å². The highest BCUT2D eigenvalue weighted by Gasteiger charge is 2.13. The van der Waals surface area contributed by atoms with Gasteiger partial charge in [0.25, 0.3) is 0 Å². The molecule has 1 N–H and O–H groups in total. The standard InChI is InChI=1S/C9H13NO2S.C2H6/c1-4-10-8-6(2)7(5-13-8)9(11)12-3;1-2/h5,10H,4H2,1-3H3;1-2H3. The molecule has 1 aromatic rings. The molecule has 0 saturated carbocycles. The van der Waals surface area contributed by atoms with Crippen LogP contribution in [0.15, 0.2) is 5.38 Å². The van der Waals surface area contributed by atoms with Crippen LogP contribution < -0.4 is 5.32 Å². The lowest BCUT2D eigenvalue weighted by Crippen LogP contribution is -2.02. The molecule has 0 atom stereocenters. The second-order valence-electron chi connectivity index (χ2n) is 2.63. The van der Waals surface area contributed by atoms with Gasteiger partial charge in [-0.15, -0.1) is 11.3 Å². The van der Waals surface area contributed by atoms with Crippen LogP contribution in [-0.4, -0.2) is 19.6 Å². The number of anilines is 1. The van der Waals surface area contributed by atoms with Crippen molar-refractivity contribution in [1.29, 1.82) is 0 Å². The van der Waals surface area contributed by atoms with Gasteiger partial charge in [-0.25, -0.2) is 4.79 Å². The summed E-state index contributed by atoms with van der Waals surface area (Å²) >= 11 is 1.53. The molecule has 0 aliphatic heterocycles. The minimum atomic E-state index is -0.266. The first-order valence-electron chi connectivity index (χ1n) is 5.11. The lowest BCUT2D eigenvalue weighted by atomic mass is 10.2. The summed E-state index contributed by atoms with van der Waals surface area (Å²) in [7, 11) is 1.40. The molecule has 0 aliphatic rings. The third kappa shape index (κ3) is 3.55. The van der Waals surface area contributed by atoms with E-state index in [2.05, 4.69) is 10.1 Å². The summed E-state index contributed by atoms with van der Waals surface area (Å²) in [5.41, 5.74) is 1.63. The van der Waals surface area contributed by atoms with Gasteiger partial charge in [-0.1, -0.05) is 13.8 Å². The zero-order chi connectivity index (χ0) is 11.8. The molecule has 0 spiro atoms. The third-order valence-electron chi connectivity index (χ3n) is 1.78. The Morgan fingerprint density at radius 1 is 1.53 bits per heavy atom. The van der Waals surface area contributed by atoms with Gasteiger partial charge < -0.3 is 10.1 Å². The Bertz CT molecular complexity index is 308. The fourth-order valence-electron chi connectivity index (χ4n) is 1.06. The van der Waals surface area contributed by atoms with Crippen LogP contribution >= 0.6 is 11.3 Å². The number of rotatable bonds is 3. The summed E-state index contributed by atoms with van der Waals surface area (Å²) in [6, 6.07) is 0. The topological polar surface area (TPSA) is 38.3 Å². The average Bonchev–Trinajstić information content (AvgIpc) is 2.63. The fraction of sp³-hybridized carbons (Fsp3) is 0.545. The quantitative estimate of drug-likeness (QED) is 0.808. The SMILES string of the molecule is CC.CCNc1scc(C(=O)OC)c1C. The second-order valence-corrected chi connectivity index (χ2v) is 3.51. The van der Waals surface area contributed by atoms with Crippen LogP contribution in [0.3, 0.4) is 0 Å². The van der Waals surface area contributed by atoms with Gasteiger partial charge in [-0.3, -0.25) is 0 Å². The lowest BCUT2D eigenvalue weighted by Gasteiger charge is -2.01. The number of carbonyl (C=O) groups is 1. The van der Waals surface area contributed by atoms with Crippen molar-refractivity contribution in [2.75, 3.05) is 19.0 Å². The first kappa shape index (κ1) is 14.0. The second kappa shape index (κ2) is 7.29. The molecular formula is C11H19NO2S. The highest BCUT2D eigenvalue weighted by Crippen LogP contribution is 2.27. The molecule has 1 aromatic heterocycles. The van der Waals surface area contributed by atoms with Gasteiger partial charge in [0.05, 0.1) is 17.7 Å². The number of methoxy groups -OCH3 is 1. The Morgan fingerprint density at radius 2 is 2.13 bits per heavy atom. The average molecular weight is 229 g/mol. The van der Waals surface area contributed by atoms with Crippen LogP contribution in [0.1, 0.15) is 36.7 Å². The zero-order valence-electron chi connectivity index (χ0n) is 10.0. The predicted molar refractivity (Wildman–Crippen MR) is 65.9 cm³/mol. The molecule has 15 heavy (non-hydrogen) atoms. The molecule has 0 bridgehead atoms. The summed E-state index contributed by atoms with van der Waals surface area (Å²) in [5, 5.41) is 6.05. The minimum absolute atomic E-state index is 0.266. The Balaban J connectivity index is 0.000000921. The van der Waals surface area contributed by atoms with Crippen molar-refractivity contribution in [2.24, 2.45) is 0 Å². The van der Waals surface area contributed by atoms with E-state index >= 15 is 0 Å². The van der Waals surface area contributed by atoms with Gasteiger partial charge >= 0.3 is 5.97 Å². The molecular weight excluding hydrogens is 210 g/mol. The molecule has 0 amide bonds. The Kier molecular flexibility index (Phi) is 6.79. The van der Waals surface area contributed by atoms with Crippen molar-refractivity contribution < 1.29 is 9.53 Å². The summed E-state index contributed by atoms with van der Waals surface area (Å²) in [4.78, 5) is 11.2. The van der Waals surface area contributed by atoms with Gasteiger partial charge in [-0.05, 0) is 19.4 Å². The smallest absolute Gasteiger partial charge is 0.339 e. The first-order chi connectivity index (χ1) is 7.20. The van der Waals surface area contributed by atoms with Gasteiger partial charge in [0.1, 0.15) is 0 Å². The molecule has 0 fully saturated rings. The van der Waals surface area contributed by atoms with E-state index in [1.165, 1.54) is 18.4 Å². The monoisotopic (exact) mass is 229 g/mol. The van der Waals surface area contributed by atoms with Crippen molar-refractivity contribution in [1.82, 2.24) is 0 Å². The molecule has 86 valence electrons. The van der Waals surface area contributed by atoms with Crippen molar-refractivity contribution in [3.63, 3.8) is 0 Å². The maximum Gasteiger partial charge on any atom is 0.339 e. The van der Waals surface area contributed by atoms with Crippen LogP contribution in [0, 0.1) is 6.92 Å². The Labute approximate surface area is 95.5 Å². The number of thiophene rings is 1. The van der Waals surface area contributed by atoms with Crippen LogP contribution in [0.5, 0.6) is 0 Å². The van der Waals surface area contributed by atoms with Crippen LogP contribution in [0.4, 0.5) is 5.00 Å². The predicted octanol–water partition coefficient (Wildman–Crippen LogP) is 3.30. The van der Waals surface area contributed by atoms with Gasteiger partial charge in [-0.2, -0.15) is 0 Å². The van der Waals surface area contributed by atoms with E-state index in [-0.39, 0.29) is 5.97 Å². The summed E-state index contributed by atoms with van der Waals surface area (Å²) in [6.07, 6.45) is 0. The lowest BCUT2D eigenvalue weighted by molar-refractivity contribution is 0.0600. The largest absolute Gasteiger partial charge is 0.465 e. The van der Waals surface area contributed by atoms with E-state index in [1.54, 1.807) is 0 Å². The van der Waals surface area contributed by atoms with E-state index in [0.717, 1.165) is 17.1 Å². The molecule has 1 heterocycles. The van der Waals surface area contributed by atoms with E-state index in [1.807, 2.05) is 33.1 Å². The number of carbonyl (C=O) groups excluding carboxylic acids is 1. The van der Waals surface area contributed by atoms with Crippen LogP contribution in [-0.2, 0) is 4.74 Å². The number of nitrogens with one attached hydrogen (secondary N) is 1. The summed E-state index contributed by atoms with van der Waals surface area (Å²) in [5.74, 6) is -0.266. The fourth-order valence-corrected chi connectivity index (χ4v) is 2.09. The number of hydrogen-bond donors (Lipinski definition) is 1. The number of esters is 1. The normalized spacial score (nSPS) is 8.87. The summed E-state index contributed by atoms with van der Waals surface area (Å²) in [6.45, 7) is 8.81. The maximum atomic E-state index is 11.2. The number of hydrogen-bond acceptors (Lipinski definition) is 4. The highest BCUT2D eigenvalue weighted by molar-refractivity contribution is 7.14. The van der Waals surface area contributed by atoms with E-state index in [0.29, 0.717) is 5.56 Å². The molecule has 0 unspecified atom stereocenters. The van der Waals surface area contributed by atoms with Gasteiger partial charge in [0, 0.05) is 11.9 Å². The van der Waals surface area contributed by atoms with Crippen LogP contribution in [0.2, 0.25) is 0 Å². The van der Waals surface area contributed by atoms with Crippen molar-refractivity contribution in [2.45, 2.75) is 27.7 Å². The van der Waals surface area contributed by atoms with E-state index in [4.69, 9.17) is 0 Å². The first-order valence-corrected chi connectivity index (χ1v) is 5.99. The molecule has 4 heteroatoms. The third-order valence-corrected chi connectivity index (χ3v) is 2.82. The summed E-state index contributed by atoms with van der Waals surface area (Å²) < 4.78 is 4.65. The van der Waals surface area contributed by atoms with Crippen molar-refractivity contribution in [3.05, 3.63) is 16.5 Å². The van der Waals surface area contributed by atoms with E-state index in [9.17, 15) is 4.79 Å². The molecule has 0 saturated heterocycles. The number of ether oxygens (including phenoxy) is 1. The Hall–Kier alpha value is -1.03. The molecule has 0 aliphatic carbocycles. The molecule has 0 aromatic carbocycles. The molecule has 0 radical (unpaired) electrons. The minimum Gasteiger partial charge on any atom is -0.465 e.